The van der Waals surface area contributed by atoms with Gasteiger partial charge in [-0.1, -0.05) is 6.07 Å². The minimum absolute atomic E-state index is 0.221. The monoisotopic (exact) mass is 372 g/mol. The van der Waals surface area contributed by atoms with Crippen molar-refractivity contribution in [3.05, 3.63) is 53.8 Å². The van der Waals surface area contributed by atoms with E-state index in [1.807, 2.05) is 0 Å². The Labute approximate surface area is 157 Å². The van der Waals surface area contributed by atoms with Gasteiger partial charge in [-0.3, -0.25) is 9.59 Å². The first-order chi connectivity index (χ1) is 12.9. The van der Waals surface area contributed by atoms with Crippen LogP contribution in [0.4, 0.5) is 10.1 Å². The molecule has 1 aliphatic heterocycles. The number of halogens is 1. The smallest absolute Gasteiger partial charge is 0.254 e. The number of nitrogens with zero attached hydrogens (tertiary/aromatic N) is 2. The van der Waals surface area contributed by atoms with E-state index in [0.29, 0.717) is 30.3 Å². The summed E-state index contributed by atoms with van der Waals surface area (Å²) in [5.41, 5.74) is 0.868. The molecular weight excluding hydrogens is 351 g/mol. The number of carbonyl (C=O) groups excluding carboxylic acids is 2. The standard InChI is InChI=1S/C20H21FN2O4/c1-13-19(24)23(16-10-17(26-2)12-18(11-16)27-3)8-7-22(13)20(25)14-5-4-6-15(21)9-14/h4-6,9-13H,7-8H2,1-3H3/t13-/m0/s1. The van der Waals surface area contributed by atoms with Crippen molar-refractivity contribution in [1.29, 1.82) is 0 Å². The van der Waals surface area contributed by atoms with Crippen LogP contribution >= 0.6 is 0 Å². The van der Waals surface area contributed by atoms with Crippen molar-refractivity contribution in [2.75, 3.05) is 32.2 Å². The van der Waals surface area contributed by atoms with Gasteiger partial charge in [-0.25, -0.2) is 4.39 Å². The largest absolute Gasteiger partial charge is 0.497 e. The number of rotatable bonds is 4. The zero-order chi connectivity index (χ0) is 19.6. The lowest BCUT2D eigenvalue weighted by atomic mass is 10.1. The van der Waals surface area contributed by atoms with Crippen LogP contribution < -0.4 is 14.4 Å². The average Bonchev–Trinajstić information content (AvgIpc) is 2.69. The van der Waals surface area contributed by atoms with E-state index in [0.717, 1.165) is 0 Å². The first kappa shape index (κ1) is 18.7. The van der Waals surface area contributed by atoms with E-state index in [2.05, 4.69) is 0 Å². The van der Waals surface area contributed by atoms with E-state index in [4.69, 9.17) is 9.47 Å². The molecule has 0 unspecified atom stereocenters. The van der Waals surface area contributed by atoms with Crippen molar-refractivity contribution in [1.82, 2.24) is 4.90 Å². The summed E-state index contributed by atoms with van der Waals surface area (Å²) in [4.78, 5) is 28.7. The van der Waals surface area contributed by atoms with Crippen LogP contribution in [0.5, 0.6) is 11.5 Å². The molecular formula is C20H21FN2O4. The number of amides is 2. The maximum Gasteiger partial charge on any atom is 0.254 e. The Bertz CT molecular complexity index is 849. The third-order valence-corrected chi connectivity index (χ3v) is 4.64. The molecule has 3 rings (SSSR count). The van der Waals surface area contributed by atoms with Crippen LogP contribution in [-0.2, 0) is 4.79 Å². The molecule has 0 spiro atoms. The fourth-order valence-corrected chi connectivity index (χ4v) is 3.14. The number of piperazine rings is 1. The summed E-state index contributed by atoms with van der Waals surface area (Å²) in [5, 5.41) is 0. The first-order valence-corrected chi connectivity index (χ1v) is 8.55. The Kier molecular flexibility index (Phi) is 5.30. The van der Waals surface area contributed by atoms with E-state index in [9.17, 15) is 14.0 Å². The highest BCUT2D eigenvalue weighted by atomic mass is 19.1. The van der Waals surface area contributed by atoms with Crippen molar-refractivity contribution < 1.29 is 23.5 Å². The van der Waals surface area contributed by atoms with Gasteiger partial charge in [0.1, 0.15) is 23.4 Å². The van der Waals surface area contributed by atoms with Gasteiger partial charge in [0, 0.05) is 36.9 Å². The molecule has 27 heavy (non-hydrogen) atoms. The predicted octanol–water partition coefficient (Wildman–Crippen LogP) is 2.72. The highest BCUT2D eigenvalue weighted by Crippen LogP contribution is 2.30. The molecule has 1 fully saturated rings. The van der Waals surface area contributed by atoms with Gasteiger partial charge in [0.05, 0.1) is 19.9 Å². The van der Waals surface area contributed by atoms with E-state index in [1.165, 1.54) is 23.1 Å². The Morgan fingerprint density at radius 1 is 1.07 bits per heavy atom. The Morgan fingerprint density at radius 2 is 1.74 bits per heavy atom. The van der Waals surface area contributed by atoms with Gasteiger partial charge in [-0.05, 0) is 25.1 Å². The molecule has 7 heteroatoms. The number of carbonyl (C=O) groups is 2. The van der Waals surface area contributed by atoms with Gasteiger partial charge < -0.3 is 19.3 Å². The molecule has 0 bridgehead atoms. The summed E-state index contributed by atoms with van der Waals surface area (Å²) in [6.45, 7) is 2.32. The molecule has 2 aromatic rings. The number of benzene rings is 2. The van der Waals surface area contributed by atoms with Crippen molar-refractivity contribution in [2.45, 2.75) is 13.0 Å². The van der Waals surface area contributed by atoms with Crippen LogP contribution in [0.15, 0.2) is 42.5 Å². The second-order valence-corrected chi connectivity index (χ2v) is 6.25. The van der Waals surface area contributed by atoms with Gasteiger partial charge in [0.25, 0.3) is 5.91 Å². The van der Waals surface area contributed by atoms with Crippen LogP contribution in [0.3, 0.4) is 0 Å². The van der Waals surface area contributed by atoms with Crippen molar-refractivity contribution in [3.63, 3.8) is 0 Å². The maximum atomic E-state index is 13.4. The molecule has 1 heterocycles. The quantitative estimate of drug-likeness (QED) is 0.828. The highest BCUT2D eigenvalue weighted by molar-refractivity contribution is 6.03. The predicted molar refractivity (Wildman–Crippen MR) is 98.8 cm³/mol. The van der Waals surface area contributed by atoms with Gasteiger partial charge in [-0.15, -0.1) is 0 Å². The molecule has 0 aliphatic carbocycles. The highest BCUT2D eigenvalue weighted by Gasteiger charge is 2.35. The average molecular weight is 372 g/mol. The zero-order valence-corrected chi connectivity index (χ0v) is 15.4. The van der Waals surface area contributed by atoms with Crippen LogP contribution in [0.1, 0.15) is 17.3 Å². The van der Waals surface area contributed by atoms with Crippen LogP contribution in [0.25, 0.3) is 0 Å². The lowest BCUT2D eigenvalue weighted by Gasteiger charge is -2.39. The molecule has 1 saturated heterocycles. The third-order valence-electron chi connectivity index (χ3n) is 4.64. The molecule has 1 atom stereocenters. The number of hydrogen-bond donors (Lipinski definition) is 0. The fourth-order valence-electron chi connectivity index (χ4n) is 3.14. The molecule has 0 N–H and O–H groups in total. The minimum atomic E-state index is -0.674. The first-order valence-electron chi connectivity index (χ1n) is 8.55. The summed E-state index contributed by atoms with van der Waals surface area (Å²) in [5.74, 6) is 0.0765. The minimum Gasteiger partial charge on any atom is -0.497 e. The second kappa shape index (κ2) is 7.65. The van der Waals surface area contributed by atoms with Crippen molar-refractivity contribution in [3.8, 4) is 11.5 Å². The summed E-state index contributed by atoms with van der Waals surface area (Å²) in [7, 11) is 3.08. The molecule has 1 aliphatic rings. The molecule has 0 aromatic heterocycles. The SMILES string of the molecule is COc1cc(OC)cc(N2CCN(C(=O)c3cccc(F)c3)[C@@H](C)C2=O)c1. The normalized spacial score (nSPS) is 17.0. The summed E-state index contributed by atoms with van der Waals surface area (Å²) < 4.78 is 23.9. The number of methoxy groups -OCH3 is 2. The molecule has 142 valence electrons. The Balaban J connectivity index is 1.83. The zero-order valence-electron chi connectivity index (χ0n) is 15.4. The van der Waals surface area contributed by atoms with Gasteiger partial charge in [0.2, 0.25) is 5.91 Å². The lowest BCUT2D eigenvalue weighted by molar-refractivity contribution is -0.124. The summed E-state index contributed by atoms with van der Waals surface area (Å²) >= 11 is 0. The number of anilines is 1. The van der Waals surface area contributed by atoms with Crippen molar-refractivity contribution in [2.24, 2.45) is 0 Å². The topological polar surface area (TPSA) is 59.1 Å². The number of ether oxygens (including phenoxy) is 2. The molecule has 2 amide bonds. The van der Waals surface area contributed by atoms with Gasteiger partial charge in [-0.2, -0.15) is 0 Å². The Morgan fingerprint density at radius 3 is 2.33 bits per heavy atom. The summed E-state index contributed by atoms with van der Waals surface area (Å²) in [6.07, 6.45) is 0. The van der Waals surface area contributed by atoms with Crippen molar-refractivity contribution >= 4 is 17.5 Å². The third kappa shape index (κ3) is 3.72. The number of hydrogen-bond acceptors (Lipinski definition) is 4. The van der Waals surface area contributed by atoms with E-state index < -0.39 is 11.9 Å². The lowest BCUT2D eigenvalue weighted by Crippen LogP contribution is -2.57. The molecule has 2 aromatic carbocycles. The van der Waals surface area contributed by atoms with Gasteiger partial charge in [0.15, 0.2) is 0 Å². The molecule has 0 saturated carbocycles. The molecule has 0 radical (unpaired) electrons. The summed E-state index contributed by atoms with van der Waals surface area (Å²) in [6, 6.07) is 10.0. The van der Waals surface area contributed by atoms with Gasteiger partial charge >= 0.3 is 0 Å². The van der Waals surface area contributed by atoms with Crippen LogP contribution in [0.2, 0.25) is 0 Å². The van der Waals surface area contributed by atoms with E-state index in [-0.39, 0.29) is 17.4 Å². The second-order valence-electron chi connectivity index (χ2n) is 6.25. The van der Waals surface area contributed by atoms with E-state index >= 15 is 0 Å². The van der Waals surface area contributed by atoms with E-state index in [1.54, 1.807) is 50.3 Å². The van der Waals surface area contributed by atoms with Crippen LogP contribution in [0, 0.1) is 5.82 Å². The van der Waals surface area contributed by atoms with Crippen LogP contribution in [-0.4, -0.2) is 50.1 Å². The maximum absolute atomic E-state index is 13.4. The Hall–Kier alpha value is -3.09. The fraction of sp³-hybridized carbons (Fsp3) is 0.300. The molecule has 6 nitrogen and oxygen atoms in total.